The molecule has 1 unspecified atom stereocenters. The highest BCUT2D eigenvalue weighted by molar-refractivity contribution is 5.97. The van der Waals surface area contributed by atoms with Gasteiger partial charge in [0, 0.05) is 5.56 Å². The van der Waals surface area contributed by atoms with E-state index in [9.17, 15) is 14.4 Å². The van der Waals surface area contributed by atoms with Crippen LogP contribution in [-0.2, 0) is 4.79 Å². The number of carboxylic acids is 1. The molecule has 3 amide bonds. The van der Waals surface area contributed by atoms with Crippen LogP contribution >= 0.6 is 0 Å². The molecule has 0 aliphatic heterocycles. The topological polar surface area (TPSA) is 122 Å². The van der Waals surface area contributed by atoms with Crippen LogP contribution in [0.5, 0.6) is 0 Å². The summed E-state index contributed by atoms with van der Waals surface area (Å²) in [5.41, 5.74) is 5.06. The molecule has 0 spiro atoms. The number of aliphatic carboxylic acids is 1. The SMILES string of the molecule is NC(=O)NC(NC(=O)c1ccccc1)C(=O)O. The largest absolute Gasteiger partial charge is 0.478 e. The van der Waals surface area contributed by atoms with E-state index in [1.54, 1.807) is 18.2 Å². The van der Waals surface area contributed by atoms with Gasteiger partial charge in [-0.15, -0.1) is 0 Å². The van der Waals surface area contributed by atoms with Crippen molar-refractivity contribution in [2.24, 2.45) is 5.73 Å². The summed E-state index contributed by atoms with van der Waals surface area (Å²) in [7, 11) is 0. The standard InChI is InChI=1S/C10H11N3O4/c11-10(17)13-7(9(15)16)12-8(14)6-4-2-1-3-5-6/h1-5,7H,(H,12,14)(H,15,16)(H3,11,13,17). The van der Waals surface area contributed by atoms with Crippen molar-refractivity contribution in [3.63, 3.8) is 0 Å². The Morgan fingerprint density at radius 1 is 1.12 bits per heavy atom. The predicted octanol–water partition coefficient (Wildman–Crippen LogP) is -0.505. The summed E-state index contributed by atoms with van der Waals surface area (Å²) in [6.45, 7) is 0. The molecule has 7 heteroatoms. The maximum atomic E-state index is 11.6. The van der Waals surface area contributed by atoms with Crippen LogP contribution in [0.2, 0.25) is 0 Å². The second kappa shape index (κ2) is 5.50. The van der Waals surface area contributed by atoms with E-state index < -0.39 is 24.1 Å². The Labute approximate surface area is 96.6 Å². The number of carbonyl (C=O) groups is 3. The van der Waals surface area contributed by atoms with Gasteiger partial charge in [0.2, 0.25) is 6.17 Å². The van der Waals surface area contributed by atoms with Gasteiger partial charge in [-0.25, -0.2) is 9.59 Å². The van der Waals surface area contributed by atoms with Crippen LogP contribution < -0.4 is 16.4 Å². The quantitative estimate of drug-likeness (QED) is 0.527. The summed E-state index contributed by atoms with van der Waals surface area (Å²) in [4.78, 5) is 32.8. The fourth-order valence-corrected chi connectivity index (χ4v) is 1.11. The second-order valence-electron chi connectivity index (χ2n) is 3.12. The minimum absolute atomic E-state index is 0.282. The highest BCUT2D eigenvalue weighted by Crippen LogP contribution is 1.98. The molecule has 0 aromatic heterocycles. The van der Waals surface area contributed by atoms with Crippen molar-refractivity contribution in [3.05, 3.63) is 35.9 Å². The molecule has 0 aliphatic carbocycles. The molecule has 1 atom stereocenters. The monoisotopic (exact) mass is 237 g/mol. The van der Waals surface area contributed by atoms with Gasteiger partial charge in [0.05, 0.1) is 0 Å². The molecule has 0 saturated heterocycles. The Balaban J connectivity index is 2.71. The van der Waals surface area contributed by atoms with Crippen molar-refractivity contribution in [2.45, 2.75) is 6.17 Å². The van der Waals surface area contributed by atoms with Gasteiger partial charge in [-0.3, -0.25) is 4.79 Å². The zero-order valence-corrected chi connectivity index (χ0v) is 8.71. The van der Waals surface area contributed by atoms with E-state index in [1.165, 1.54) is 12.1 Å². The van der Waals surface area contributed by atoms with E-state index in [0.717, 1.165) is 0 Å². The first-order valence-corrected chi connectivity index (χ1v) is 4.65. The molecule has 90 valence electrons. The van der Waals surface area contributed by atoms with Gasteiger partial charge in [-0.1, -0.05) is 18.2 Å². The van der Waals surface area contributed by atoms with E-state index in [1.807, 2.05) is 5.32 Å². The maximum Gasteiger partial charge on any atom is 0.347 e. The molecule has 0 fully saturated rings. The summed E-state index contributed by atoms with van der Waals surface area (Å²) in [5.74, 6) is -2.03. The van der Waals surface area contributed by atoms with E-state index in [-0.39, 0.29) is 5.56 Å². The van der Waals surface area contributed by atoms with E-state index >= 15 is 0 Å². The number of amides is 3. The minimum atomic E-state index is -1.56. The molecular formula is C10H11N3O4. The normalized spacial score (nSPS) is 11.3. The van der Waals surface area contributed by atoms with Gasteiger partial charge in [0.15, 0.2) is 0 Å². The van der Waals surface area contributed by atoms with Crippen LogP contribution in [-0.4, -0.2) is 29.2 Å². The molecule has 1 rings (SSSR count). The molecule has 0 radical (unpaired) electrons. The number of hydrogen-bond acceptors (Lipinski definition) is 3. The number of benzene rings is 1. The summed E-state index contributed by atoms with van der Waals surface area (Å²) in [5, 5.41) is 12.7. The van der Waals surface area contributed by atoms with Gasteiger partial charge in [-0.05, 0) is 12.1 Å². The molecule has 0 heterocycles. The fraction of sp³-hybridized carbons (Fsp3) is 0.100. The highest BCUT2D eigenvalue weighted by atomic mass is 16.4. The number of rotatable bonds is 4. The molecule has 17 heavy (non-hydrogen) atoms. The predicted molar refractivity (Wildman–Crippen MR) is 58.1 cm³/mol. The Morgan fingerprint density at radius 3 is 2.18 bits per heavy atom. The van der Waals surface area contributed by atoms with Crippen molar-refractivity contribution in [1.29, 1.82) is 0 Å². The number of nitrogens with one attached hydrogen (secondary N) is 2. The molecule has 0 aliphatic rings. The van der Waals surface area contributed by atoms with Crippen LogP contribution in [0.1, 0.15) is 10.4 Å². The van der Waals surface area contributed by atoms with Gasteiger partial charge in [0.25, 0.3) is 5.91 Å². The number of nitrogens with two attached hydrogens (primary N) is 1. The van der Waals surface area contributed by atoms with Crippen LogP contribution in [0, 0.1) is 0 Å². The Bertz CT molecular complexity index is 432. The van der Waals surface area contributed by atoms with Gasteiger partial charge >= 0.3 is 12.0 Å². The smallest absolute Gasteiger partial charge is 0.347 e. The van der Waals surface area contributed by atoms with Crippen molar-refractivity contribution in [3.8, 4) is 0 Å². The first-order valence-electron chi connectivity index (χ1n) is 4.65. The van der Waals surface area contributed by atoms with Crippen LogP contribution in [0.25, 0.3) is 0 Å². The number of hydrogen-bond donors (Lipinski definition) is 4. The lowest BCUT2D eigenvalue weighted by atomic mass is 10.2. The maximum absolute atomic E-state index is 11.6. The zero-order valence-electron chi connectivity index (χ0n) is 8.71. The first kappa shape index (κ1) is 12.5. The average Bonchev–Trinajstić information content (AvgIpc) is 2.28. The van der Waals surface area contributed by atoms with E-state index in [2.05, 4.69) is 5.32 Å². The van der Waals surface area contributed by atoms with E-state index in [0.29, 0.717) is 0 Å². The van der Waals surface area contributed by atoms with Crippen LogP contribution in [0.3, 0.4) is 0 Å². The minimum Gasteiger partial charge on any atom is -0.478 e. The van der Waals surface area contributed by atoms with Crippen molar-refractivity contribution in [1.82, 2.24) is 10.6 Å². The van der Waals surface area contributed by atoms with Gasteiger partial charge in [0.1, 0.15) is 0 Å². The lowest BCUT2D eigenvalue weighted by molar-refractivity contribution is -0.139. The number of carbonyl (C=O) groups excluding carboxylic acids is 2. The molecule has 1 aromatic rings. The summed E-state index contributed by atoms with van der Waals surface area (Å²) >= 11 is 0. The summed E-state index contributed by atoms with van der Waals surface area (Å²) in [6.07, 6.45) is -1.56. The average molecular weight is 237 g/mol. The fourth-order valence-electron chi connectivity index (χ4n) is 1.11. The molecule has 0 bridgehead atoms. The summed E-state index contributed by atoms with van der Waals surface area (Å²) < 4.78 is 0. The van der Waals surface area contributed by atoms with Crippen LogP contribution in [0.15, 0.2) is 30.3 Å². The molecule has 0 saturated carbocycles. The summed E-state index contributed by atoms with van der Waals surface area (Å²) in [6, 6.07) is 6.97. The molecule has 5 N–H and O–H groups in total. The molecule has 1 aromatic carbocycles. The van der Waals surface area contributed by atoms with E-state index in [4.69, 9.17) is 10.8 Å². The first-order chi connectivity index (χ1) is 8.00. The van der Waals surface area contributed by atoms with Crippen molar-refractivity contribution < 1.29 is 19.5 Å². The molecule has 7 nitrogen and oxygen atoms in total. The second-order valence-corrected chi connectivity index (χ2v) is 3.12. The van der Waals surface area contributed by atoms with Crippen molar-refractivity contribution >= 4 is 17.9 Å². The number of urea groups is 1. The zero-order chi connectivity index (χ0) is 12.8. The number of primary amides is 1. The third kappa shape index (κ3) is 3.82. The molecular weight excluding hydrogens is 226 g/mol. The Hall–Kier alpha value is -2.57. The van der Waals surface area contributed by atoms with Gasteiger partial charge < -0.3 is 21.5 Å². The lowest BCUT2D eigenvalue weighted by Crippen LogP contribution is -2.54. The third-order valence-electron chi connectivity index (χ3n) is 1.84. The Kier molecular flexibility index (Phi) is 4.04. The third-order valence-corrected chi connectivity index (χ3v) is 1.84. The Morgan fingerprint density at radius 2 is 1.71 bits per heavy atom. The highest BCUT2D eigenvalue weighted by Gasteiger charge is 2.21. The van der Waals surface area contributed by atoms with Crippen LogP contribution in [0.4, 0.5) is 4.79 Å². The van der Waals surface area contributed by atoms with Crippen molar-refractivity contribution in [2.75, 3.05) is 0 Å². The van der Waals surface area contributed by atoms with Gasteiger partial charge in [-0.2, -0.15) is 0 Å². The lowest BCUT2D eigenvalue weighted by Gasteiger charge is -2.14. The number of carboxylic acid groups (broad SMARTS) is 1.